The van der Waals surface area contributed by atoms with E-state index in [2.05, 4.69) is 4.98 Å². The molecule has 1 aromatic heterocycles. The van der Waals surface area contributed by atoms with Crippen molar-refractivity contribution < 1.29 is 13.9 Å². The van der Waals surface area contributed by atoms with Gasteiger partial charge in [0.05, 0.1) is 13.2 Å². The Morgan fingerprint density at radius 1 is 1.18 bits per heavy atom. The lowest BCUT2D eigenvalue weighted by molar-refractivity contribution is -0.0468. The fourth-order valence-electron chi connectivity index (χ4n) is 1.65. The van der Waals surface area contributed by atoms with E-state index >= 15 is 0 Å². The van der Waals surface area contributed by atoms with Gasteiger partial charge in [0, 0.05) is 10.9 Å². The monoisotopic (exact) mass is 251 g/mol. The third-order valence-corrected chi connectivity index (χ3v) is 3.39. The molecule has 0 amide bonds. The summed E-state index contributed by atoms with van der Waals surface area (Å²) in [5.41, 5.74) is 1.69. The number of rotatable bonds is 2. The largest absolute Gasteiger partial charge is 0.345 e. The highest BCUT2D eigenvalue weighted by molar-refractivity contribution is 7.13. The molecule has 0 bridgehead atoms. The summed E-state index contributed by atoms with van der Waals surface area (Å²) in [7, 11) is 0. The van der Waals surface area contributed by atoms with Gasteiger partial charge in [-0.25, -0.2) is 9.37 Å². The first-order chi connectivity index (χ1) is 8.33. The van der Waals surface area contributed by atoms with Gasteiger partial charge in [0.25, 0.3) is 0 Å². The van der Waals surface area contributed by atoms with Crippen LogP contribution in [-0.4, -0.2) is 18.2 Å². The lowest BCUT2D eigenvalue weighted by Gasteiger charge is -2.03. The molecule has 5 heteroatoms. The van der Waals surface area contributed by atoms with Crippen LogP contribution in [0.15, 0.2) is 29.6 Å². The van der Waals surface area contributed by atoms with Gasteiger partial charge in [0.1, 0.15) is 16.5 Å². The zero-order valence-electron chi connectivity index (χ0n) is 8.93. The predicted octanol–water partition coefficient (Wildman–Crippen LogP) is 2.99. The van der Waals surface area contributed by atoms with Crippen LogP contribution in [0.4, 0.5) is 4.39 Å². The molecule has 0 unspecified atom stereocenters. The Morgan fingerprint density at radius 3 is 2.59 bits per heavy atom. The molecule has 17 heavy (non-hydrogen) atoms. The molecule has 2 aromatic rings. The molecule has 1 aliphatic heterocycles. The molecule has 2 heterocycles. The first-order valence-corrected chi connectivity index (χ1v) is 6.15. The van der Waals surface area contributed by atoms with Crippen LogP contribution in [0.5, 0.6) is 0 Å². The molecule has 0 saturated carbocycles. The summed E-state index contributed by atoms with van der Waals surface area (Å²) in [5.74, 6) is -0.243. The van der Waals surface area contributed by atoms with Gasteiger partial charge in [-0.2, -0.15) is 0 Å². The van der Waals surface area contributed by atoms with Gasteiger partial charge in [0.2, 0.25) is 6.29 Å². The maximum atomic E-state index is 12.8. The first-order valence-electron chi connectivity index (χ1n) is 5.27. The maximum absolute atomic E-state index is 12.8. The third-order valence-electron chi connectivity index (χ3n) is 2.48. The summed E-state index contributed by atoms with van der Waals surface area (Å²) in [6.45, 7) is 1.21. The van der Waals surface area contributed by atoms with Crippen LogP contribution in [0.3, 0.4) is 0 Å². The lowest BCUT2D eigenvalue weighted by Crippen LogP contribution is -1.97. The van der Waals surface area contributed by atoms with Crippen LogP contribution >= 0.6 is 11.3 Å². The number of aromatic nitrogens is 1. The highest BCUT2D eigenvalue weighted by Crippen LogP contribution is 2.29. The van der Waals surface area contributed by atoms with Crippen molar-refractivity contribution in [3.8, 4) is 10.6 Å². The van der Waals surface area contributed by atoms with Crippen molar-refractivity contribution in [2.45, 2.75) is 6.29 Å². The molecule has 3 rings (SSSR count). The Balaban J connectivity index is 1.86. The van der Waals surface area contributed by atoms with E-state index in [1.54, 1.807) is 12.1 Å². The second-order valence-corrected chi connectivity index (χ2v) is 4.52. The summed E-state index contributed by atoms with van der Waals surface area (Å²) in [6.07, 6.45) is -0.347. The average molecular weight is 251 g/mol. The highest BCUT2D eigenvalue weighted by atomic mass is 32.1. The molecule has 0 spiro atoms. The molecular formula is C12H10FNO2S. The molecule has 0 N–H and O–H groups in total. The summed E-state index contributed by atoms with van der Waals surface area (Å²) in [4.78, 5) is 4.44. The van der Waals surface area contributed by atoms with Crippen LogP contribution < -0.4 is 0 Å². The molecule has 88 valence electrons. The Hall–Kier alpha value is -1.30. The fraction of sp³-hybridized carbons (Fsp3) is 0.250. The van der Waals surface area contributed by atoms with Crippen LogP contribution in [0, 0.1) is 5.82 Å². The molecule has 0 aliphatic carbocycles. The third kappa shape index (κ3) is 2.22. The van der Waals surface area contributed by atoms with Crippen molar-refractivity contribution >= 4 is 11.3 Å². The van der Waals surface area contributed by atoms with E-state index in [-0.39, 0.29) is 12.1 Å². The van der Waals surface area contributed by atoms with Crippen molar-refractivity contribution in [3.05, 3.63) is 41.2 Å². The van der Waals surface area contributed by atoms with Crippen molar-refractivity contribution in [2.24, 2.45) is 0 Å². The van der Waals surface area contributed by atoms with Gasteiger partial charge in [0.15, 0.2) is 0 Å². The quantitative estimate of drug-likeness (QED) is 0.822. The van der Waals surface area contributed by atoms with Crippen molar-refractivity contribution in [1.29, 1.82) is 0 Å². The van der Waals surface area contributed by atoms with Gasteiger partial charge < -0.3 is 9.47 Å². The summed E-state index contributed by atoms with van der Waals surface area (Å²) >= 11 is 1.50. The zero-order valence-corrected chi connectivity index (χ0v) is 9.74. The van der Waals surface area contributed by atoms with E-state index < -0.39 is 0 Å². The average Bonchev–Trinajstić information content (AvgIpc) is 3.00. The van der Waals surface area contributed by atoms with Crippen molar-refractivity contribution in [3.63, 3.8) is 0 Å². The SMILES string of the molecule is Fc1ccc(-c2nc(C3OCCO3)cs2)cc1. The number of ether oxygens (including phenoxy) is 2. The van der Waals surface area contributed by atoms with Gasteiger partial charge in [-0.3, -0.25) is 0 Å². The maximum Gasteiger partial charge on any atom is 0.202 e. The molecule has 0 radical (unpaired) electrons. The summed E-state index contributed by atoms with van der Waals surface area (Å²) in [6, 6.07) is 6.29. The van der Waals surface area contributed by atoms with Crippen LogP contribution in [-0.2, 0) is 9.47 Å². The standard InChI is InChI=1S/C12H10FNO2S/c13-9-3-1-8(2-4-9)11-14-10(7-17-11)12-15-5-6-16-12/h1-4,7,12H,5-6H2. The second kappa shape index (κ2) is 4.52. The molecule has 3 nitrogen and oxygen atoms in total. The van der Waals surface area contributed by atoms with E-state index in [1.165, 1.54) is 23.5 Å². The predicted molar refractivity (Wildman–Crippen MR) is 62.2 cm³/mol. The van der Waals surface area contributed by atoms with Crippen molar-refractivity contribution in [1.82, 2.24) is 4.98 Å². The molecule has 1 saturated heterocycles. The second-order valence-electron chi connectivity index (χ2n) is 3.66. The minimum absolute atomic E-state index is 0.243. The minimum Gasteiger partial charge on any atom is -0.345 e. The molecule has 1 fully saturated rings. The molecule has 0 atom stereocenters. The molecular weight excluding hydrogens is 241 g/mol. The Bertz CT molecular complexity index is 505. The van der Waals surface area contributed by atoms with Crippen molar-refractivity contribution in [2.75, 3.05) is 13.2 Å². The van der Waals surface area contributed by atoms with Gasteiger partial charge >= 0.3 is 0 Å². The van der Waals surface area contributed by atoms with E-state index in [9.17, 15) is 4.39 Å². The first kappa shape index (κ1) is 10.8. The molecule has 1 aromatic carbocycles. The number of benzene rings is 1. The Labute approximate surface area is 102 Å². The van der Waals surface area contributed by atoms with Gasteiger partial charge in [-0.1, -0.05) is 0 Å². The van der Waals surface area contributed by atoms with E-state index in [1.807, 2.05) is 5.38 Å². The number of halogens is 1. The van der Waals surface area contributed by atoms with E-state index in [4.69, 9.17) is 9.47 Å². The van der Waals surface area contributed by atoms with Gasteiger partial charge in [-0.15, -0.1) is 11.3 Å². The number of thiazole rings is 1. The van der Waals surface area contributed by atoms with Crippen LogP contribution in [0.2, 0.25) is 0 Å². The normalized spacial score (nSPS) is 16.5. The Morgan fingerprint density at radius 2 is 1.88 bits per heavy atom. The number of hydrogen-bond donors (Lipinski definition) is 0. The minimum atomic E-state index is -0.347. The lowest BCUT2D eigenvalue weighted by atomic mass is 10.2. The highest BCUT2D eigenvalue weighted by Gasteiger charge is 2.21. The topological polar surface area (TPSA) is 31.4 Å². The Kier molecular flexibility index (Phi) is 2.88. The summed E-state index contributed by atoms with van der Waals surface area (Å²) < 4.78 is 23.5. The van der Waals surface area contributed by atoms with Crippen LogP contribution in [0.25, 0.3) is 10.6 Å². The van der Waals surface area contributed by atoms with Crippen LogP contribution in [0.1, 0.15) is 12.0 Å². The fourth-order valence-corrected chi connectivity index (χ4v) is 2.48. The number of hydrogen-bond acceptors (Lipinski definition) is 4. The number of nitrogens with zero attached hydrogens (tertiary/aromatic N) is 1. The molecule has 1 aliphatic rings. The smallest absolute Gasteiger partial charge is 0.202 e. The van der Waals surface area contributed by atoms with Gasteiger partial charge in [-0.05, 0) is 24.3 Å². The van der Waals surface area contributed by atoms with E-state index in [0.29, 0.717) is 13.2 Å². The van der Waals surface area contributed by atoms with E-state index in [0.717, 1.165) is 16.3 Å². The zero-order chi connectivity index (χ0) is 11.7. The summed E-state index contributed by atoms with van der Waals surface area (Å²) in [5, 5.41) is 2.76.